The lowest BCUT2D eigenvalue weighted by Gasteiger charge is -2.19. The number of aromatic nitrogens is 1. The van der Waals surface area contributed by atoms with Gasteiger partial charge in [-0.3, -0.25) is 0 Å². The highest BCUT2D eigenvalue weighted by Crippen LogP contribution is 2.41. The van der Waals surface area contributed by atoms with Crippen LogP contribution in [0.3, 0.4) is 0 Å². The summed E-state index contributed by atoms with van der Waals surface area (Å²) in [6.45, 7) is 2.02. The Morgan fingerprint density at radius 3 is 2.00 bits per heavy atom. The summed E-state index contributed by atoms with van der Waals surface area (Å²) < 4.78 is 2.25. The molecule has 5 nitrogen and oxygen atoms in total. The van der Waals surface area contributed by atoms with Crippen LogP contribution in [0.4, 0.5) is 11.4 Å². The van der Waals surface area contributed by atoms with Crippen molar-refractivity contribution in [1.82, 2.24) is 4.57 Å². The zero-order valence-electron chi connectivity index (χ0n) is 27.7. The number of rotatable bonds is 6. The Balaban J connectivity index is 1.27. The fourth-order valence-corrected chi connectivity index (χ4v) is 7.13. The molecule has 0 saturated carbocycles. The van der Waals surface area contributed by atoms with Crippen LogP contribution in [-0.4, -0.2) is 4.57 Å². The molecule has 1 N–H and O–H groups in total. The molecule has 8 aromatic rings. The molecule has 1 aromatic heterocycles. The van der Waals surface area contributed by atoms with E-state index in [1.165, 1.54) is 0 Å². The van der Waals surface area contributed by atoms with E-state index < -0.39 is 0 Å². The zero-order valence-corrected chi connectivity index (χ0v) is 27.7. The smallest absolute Gasteiger partial charge is 0.0998 e. The molecule has 8 rings (SSSR count). The topological polar surface area (TPSA) is 88.3 Å². The summed E-state index contributed by atoms with van der Waals surface area (Å²) in [5.41, 5.74) is 13.3. The van der Waals surface area contributed by atoms with Crippen molar-refractivity contribution >= 4 is 33.2 Å². The molecule has 0 bridgehead atoms. The lowest BCUT2D eigenvalue weighted by Crippen LogP contribution is -1.99. The fraction of sp³-hybridized carbons (Fsp3) is 0.0217. The number of para-hydroxylation sites is 2. The van der Waals surface area contributed by atoms with Crippen LogP contribution in [0.25, 0.3) is 60.9 Å². The normalized spacial score (nSPS) is 10.8. The number of anilines is 2. The van der Waals surface area contributed by atoms with Gasteiger partial charge in [0, 0.05) is 44.5 Å². The summed E-state index contributed by atoms with van der Waals surface area (Å²) in [5, 5.41) is 35.3. The molecule has 238 valence electrons. The standard InChI is InChI=1S/C46H29N5/c1-30-10-8-12-34(29-49)46(30)40-17-4-6-18-42(40)50-43-25-32(28-48)20-22-38(43)37-15-3-2-14-36(37)33-11-9-13-35(26-33)51-44-19-7-5-16-39(44)41-24-31(27-47)21-23-45(41)51/h2-26,50H,1H3. The Morgan fingerprint density at radius 1 is 0.490 bits per heavy atom. The maximum Gasteiger partial charge on any atom is 0.0998 e. The minimum atomic E-state index is 0.540. The molecule has 5 heteroatoms. The number of aryl methyl sites for hydroxylation is 1. The number of nitriles is 3. The van der Waals surface area contributed by atoms with Gasteiger partial charge in [-0.05, 0) is 89.8 Å². The van der Waals surface area contributed by atoms with Crippen LogP contribution < -0.4 is 5.32 Å². The molecule has 51 heavy (non-hydrogen) atoms. The minimum Gasteiger partial charge on any atom is -0.354 e. The zero-order chi connectivity index (χ0) is 34.9. The Bertz CT molecular complexity index is 2780. The molecule has 0 atom stereocenters. The maximum absolute atomic E-state index is 9.97. The van der Waals surface area contributed by atoms with E-state index in [1.807, 2.05) is 110 Å². The quantitative estimate of drug-likeness (QED) is 0.194. The van der Waals surface area contributed by atoms with Crippen LogP contribution in [-0.2, 0) is 0 Å². The van der Waals surface area contributed by atoms with Crippen molar-refractivity contribution in [2.45, 2.75) is 6.92 Å². The van der Waals surface area contributed by atoms with Gasteiger partial charge >= 0.3 is 0 Å². The highest BCUT2D eigenvalue weighted by atomic mass is 15.0. The lowest BCUT2D eigenvalue weighted by atomic mass is 9.92. The van der Waals surface area contributed by atoms with E-state index in [0.717, 1.165) is 77.8 Å². The third-order valence-corrected chi connectivity index (χ3v) is 9.44. The second kappa shape index (κ2) is 12.9. The first kappa shape index (κ1) is 30.9. The second-order valence-electron chi connectivity index (χ2n) is 12.4. The molecule has 1 heterocycles. The van der Waals surface area contributed by atoms with Crippen molar-refractivity contribution in [3.05, 3.63) is 174 Å². The Hall–Kier alpha value is -7.39. The minimum absolute atomic E-state index is 0.540. The van der Waals surface area contributed by atoms with Crippen molar-refractivity contribution in [3.63, 3.8) is 0 Å². The van der Waals surface area contributed by atoms with Gasteiger partial charge in [0.05, 0.1) is 45.9 Å². The van der Waals surface area contributed by atoms with E-state index in [-0.39, 0.29) is 0 Å². The van der Waals surface area contributed by atoms with E-state index >= 15 is 0 Å². The monoisotopic (exact) mass is 651 g/mol. The number of nitrogens with one attached hydrogen (secondary N) is 1. The SMILES string of the molecule is Cc1cccc(C#N)c1-c1ccccc1Nc1cc(C#N)ccc1-c1ccccc1-c1cccc(-n2c3ccccc3c3cc(C#N)ccc32)c1. The predicted octanol–water partition coefficient (Wildman–Crippen LogP) is 11.5. The summed E-state index contributed by atoms with van der Waals surface area (Å²) in [5.74, 6) is 0. The van der Waals surface area contributed by atoms with E-state index in [1.54, 1.807) is 0 Å². The predicted molar refractivity (Wildman–Crippen MR) is 206 cm³/mol. The first-order valence-corrected chi connectivity index (χ1v) is 16.6. The third-order valence-electron chi connectivity index (χ3n) is 9.44. The van der Waals surface area contributed by atoms with E-state index in [4.69, 9.17) is 0 Å². The molecule has 0 fully saturated rings. The summed E-state index contributed by atoms with van der Waals surface area (Å²) in [6.07, 6.45) is 0. The highest BCUT2D eigenvalue weighted by molar-refractivity contribution is 6.09. The number of hydrogen-bond acceptors (Lipinski definition) is 4. The van der Waals surface area contributed by atoms with Gasteiger partial charge in [-0.1, -0.05) is 91.0 Å². The molecule has 0 radical (unpaired) electrons. The number of fused-ring (bicyclic) bond motifs is 3. The van der Waals surface area contributed by atoms with Crippen LogP contribution in [0, 0.1) is 40.9 Å². The van der Waals surface area contributed by atoms with Gasteiger partial charge in [0.15, 0.2) is 0 Å². The molecular weight excluding hydrogens is 623 g/mol. The van der Waals surface area contributed by atoms with Crippen LogP contribution in [0.1, 0.15) is 22.3 Å². The maximum atomic E-state index is 9.97. The van der Waals surface area contributed by atoms with Crippen LogP contribution in [0.2, 0.25) is 0 Å². The van der Waals surface area contributed by atoms with E-state index in [2.05, 4.69) is 76.6 Å². The van der Waals surface area contributed by atoms with Crippen LogP contribution in [0.15, 0.2) is 152 Å². The van der Waals surface area contributed by atoms with Gasteiger partial charge in [-0.25, -0.2) is 0 Å². The van der Waals surface area contributed by atoms with E-state index in [0.29, 0.717) is 16.7 Å². The van der Waals surface area contributed by atoms with Crippen molar-refractivity contribution < 1.29 is 0 Å². The van der Waals surface area contributed by atoms with Gasteiger partial charge in [0.25, 0.3) is 0 Å². The van der Waals surface area contributed by atoms with Crippen molar-refractivity contribution in [2.24, 2.45) is 0 Å². The van der Waals surface area contributed by atoms with Gasteiger partial charge in [0.2, 0.25) is 0 Å². The second-order valence-corrected chi connectivity index (χ2v) is 12.4. The summed E-state index contributed by atoms with van der Waals surface area (Å²) in [4.78, 5) is 0. The van der Waals surface area contributed by atoms with Gasteiger partial charge in [-0.15, -0.1) is 0 Å². The molecule has 0 aliphatic heterocycles. The van der Waals surface area contributed by atoms with Crippen LogP contribution >= 0.6 is 0 Å². The lowest BCUT2D eigenvalue weighted by molar-refractivity contribution is 1.18. The first-order valence-electron chi connectivity index (χ1n) is 16.6. The summed E-state index contributed by atoms with van der Waals surface area (Å²) >= 11 is 0. The Kier molecular flexibility index (Phi) is 7.82. The number of benzene rings is 7. The molecule has 7 aromatic carbocycles. The van der Waals surface area contributed by atoms with Crippen molar-refractivity contribution in [3.8, 4) is 57.3 Å². The molecule has 0 amide bonds. The van der Waals surface area contributed by atoms with Crippen molar-refractivity contribution in [2.75, 3.05) is 5.32 Å². The number of nitrogens with zero attached hydrogens (tertiary/aromatic N) is 4. The summed E-state index contributed by atoms with van der Waals surface area (Å²) in [6, 6.07) is 57.4. The van der Waals surface area contributed by atoms with Gasteiger partial charge < -0.3 is 9.88 Å². The van der Waals surface area contributed by atoms with Gasteiger partial charge in [-0.2, -0.15) is 15.8 Å². The highest BCUT2D eigenvalue weighted by Gasteiger charge is 2.18. The summed E-state index contributed by atoms with van der Waals surface area (Å²) in [7, 11) is 0. The molecule has 0 aliphatic rings. The third kappa shape index (κ3) is 5.44. The Morgan fingerprint density at radius 2 is 1.18 bits per heavy atom. The first-order chi connectivity index (χ1) is 25.1. The fourth-order valence-electron chi connectivity index (χ4n) is 7.13. The molecule has 0 spiro atoms. The van der Waals surface area contributed by atoms with Gasteiger partial charge in [0.1, 0.15) is 0 Å². The van der Waals surface area contributed by atoms with Crippen LogP contribution in [0.5, 0.6) is 0 Å². The number of hydrogen-bond donors (Lipinski definition) is 1. The molecule has 0 unspecified atom stereocenters. The largest absolute Gasteiger partial charge is 0.354 e. The van der Waals surface area contributed by atoms with E-state index in [9.17, 15) is 15.8 Å². The Labute approximate surface area is 296 Å². The van der Waals surface area contributed by atoms with Crippen molar-refractivity contribution in [1.29, 1.82) is 15.8 Å². The molecule has 0 aliphatic carbocycles. The molecule has 0 saturated heterocycles. The molecular formula is C46H29N5. The average Bonchev–Trinajstić information content (AvgIpc) is 3.52. The average molecular weight is 652 g/mol.